The number of fused-ring (bicyclic) bond motifs is 3. The Kier molecular flexibility index (Phi) is 2.83. The summed E-state index contributed by atoms with van der Waals surface area (Å²) in [6.45, 7) is 10.9. The second kappa shape index (κ2) is 4.23. The molecular formula is C19H28O2. The number of allylic oxidation sites excluding steroid dienone is 1. The third-order valence-electron chi connectivity index (χ3n) is 7.69. The summed E-state index contributed by atoms with van der Waals surface area (Å²) in [6.07, 6.45) is 6.83. The first-order valence-electron chi connectivity index (χ1n) is 8.62. The number of rotatable bonds is 0. The summed E-state index contributed by atoms with van der Waals surface area (Å²) in [5.41, 5.74) is 2.39. The maximum atomic E-state index is 10.9. The third-order valence-corrected chi connectivity index (χ3v) is 7.69. The van der Waals surface area contributed by atoms with Crippen LogP contribution in [-0.4, -0.2) is 22.4 Å². The molecule has 21 heavy (non-hydrogen) atoms. The van der Waals surface area contributed by atoms with Crippen molar-refractivity contribution >= 4 is 0 Å². The lowest BCUT2D eigenvalue weighted by Crippen LogP contribution is -2.59. The summed E-state index contributed by atoms with van der Waals surface area (Å²) in [5.74, 6) is 1.08. The highest BCUT2D eigenvalue weighted by atomic mass is 16.3. The highest BCUT2D eigenvalue weighted by molar-refractivity contribution is 5.30. The van der Waals surface area contributed by atoms with Gasteiger partial charge in [-0.3, -0.25) is 0 Å². The molecule has 4 fully saturated rings. The van der Waals surface area contributed by atoms with Crippen LogP contribution in [0.3, 0.4) is 0 Å². The molecule has 2 bridgehead atoms. The van der Waals surface area contributed by atoms with Gasteiger partial charge in [-0.1, -0.05) is 25.7 Å². The maximum Gasteiger partial charge on any atom is 0.0810 e. The van der Waals surface area contributed by atoms with E-state index in [0.717, 1.165) is 37.7 Å². The van der Waals surface area contributed by atoms with Crippen LogP contribution in [0.4, 0.5) is 0 Å². The van der Waals surface area contributed by atoms with Gasteiger partial charge in [-0.05, 0) is 73.7 Å². The fourth-order valence-electron chi connectivity index (χ4n) is 6.96. The van der Waals surface area contributed by atoms with E-state index in [4.69, 9.17) is 0 Å². The molecule has 0 unspecified atom stereocenters. The summed E-state index contributed by atoms with van der Waals surface area (Å²) in [7, 11) is 0. The van der Waals surface area contributed by atoms with Gasteiger partial charge < -0.3 is 10.2 Å². The first-order valence-corrected chi connectivity index (χ1v) is 8.62. The van der Waals surface area contributed by atoms with Crippen molar-refractivity contribution in [3.63, 3.8) is 0 Å². The molecule has 2 heteroatoms. The van der Waals surface area contributed by atoms with Gasteiger partial charge >= 0.3 is 0 Å². The van der Waals surface area contributed by atoms with E-state index in [9.17, 15) is 10.2 Å². The van der Waals surface area contributed by atoms with Gasteiger partial charge in [0.25, 0.3) is 0 Å². The van der Waals surface area contributed by atoms with Gasteiger partial charge in [0.05, 0.1) is 12.2 Å². The van der Waals surface area contributed by atoms with Crippen LogP contribution in [0.2, 0.25) is 0 Å². The molecule has 0 radical (unpaired) electrons. The molecule has 0 amide bonds. The molecule has 4 rings (SSSR count). The van der Waals surface area contributed by atoms with Crippen molar-refractivity contribution in [1.29, 1.82) is 0 Å². The summed E-state index contributed by atoms with van der Waals surface area (Å²) in [4.78, 5) is 0. The molecule has 0 aliphatic heterocycles. The van der Waals surface area contributed by atoms with Crippen LogP contribution in [0.15, 0.2) is 24.3 Å². The highest BCUT2D eigenvalue weighted by Crippen LogP contribution is 2.70. The van der Waals surface area contributed by atoms with Crippen LogP contribution in [0.1, 0.15) is 51.9 Å². The Morgan fingerprint density at radius 1 is 1.19 bits per heavy atom. The molecule has 4 aliphatic carbocycles. The van der Waals surface area contributed by atoms with Crippen molar-refractivity contribution in [2.75, 3.05) is 0 Å². The zero-order valence-corrected chi connectivity index (χ0v) is 13.1. The van der Waals surface area contributed by atoms with Crippen molar-refractivity contribution in [1.82, 2.24) is 0 Å². The molecule has 2 nitrogen and oxygen atoms in total. The minimum atomic E-state index is -0.405. The quantitative estimate of drug-likeness (QED) is 0.670. The van der Waals surface area contributed by atoms with Gasteiger partial charge in [-0.15, -0.1) is 0 Å². The van der Waals surface area contributed by atoms with E-state index < -0.39 is 6.10 Å². The Balaban J connectivity index is 1.82. The maximum absolute atomic E-state index is 10.9. The van der Waals surface area contributed by atoms with Gasteiger partial charge in [0, 0.05) is 5.41 Å². The molecule has 1 spiro atoms. The van der Waals surface area contributed by atoms with E-state index in [2.05, 4.69) is 20.1 Å². The molecule has 116 valence electrons. The molecule has 0 aromatic carbocycles. The Morgan fingerprint density at radius 2 is 1.95 bits per heavy atom. The van der Waals surface area contributed by atoms with Gasteiger partial charge in [0.2, 0.25) is 0 Å². The fraction of sp³-hybridized carbons (Fsp3) is 0.789. The lowest BCUT2D eigenvalue weighted by atomic mass is 9.43. The minimum Gasteiger partial charge on any atom is -0.393 e. The van der Waals surface area contributed by atoms with Crippen LogP contribution in [0, 0.1) is 28.6 Å². The lowest BCUT2D eigenvalue weighted by molar-refractivity contribution is -0.171. The summed E-state index contributed by atoms with van der Waals surface area (Å²) in [6, 6.07) is 0. The van der Waals surface area contributed by atoms with Crippen molar-refractivity contribution in [3.05, 3.63) is 24.3 Å². The molecule has 2 N–H and O–H groups in total. The van der Waals surface area contributed by atoms with Crippen LogP contribution in [0.25, 0.3) is 0 Å². The van der Waals surface area contributed by atoms with Crippen molar-refractivity contribution in [3.8, 4) is 0 Å². The highest BCUT2D eigenvalue weighted by Gasteiger charge is 2.67. The van der Waals surface area contributed by atoms with Gasteiger partial charge in [0.15, 0.2) is 0 Å². The monoisotopic (exact) mass is 288 g/mol. The average molecular weight is 288 g/mol. The van der Waals surface area contributed by atoms with Gasteiger partial charge in [0.1, 0.15) is 0 Å². The summed E-state index contributed by atoms with van der Waals surface area (Å²) >= 11 is 0. The first-order chi connectivity index (χ1) is 9.90. The molecular weight excluding hydrogens is 260 g/mol. The van der Waals surface area contributed by atoms with E-state index >= 15 is 0 Å². The molecule has 4 aliphatic rings. The lowest BCUT2D eigenvalue weighted by Gasteiger charge is -2.62. The summed E-state index contributed by atoms with van der Waals surface area (Å²) in [5, 5.41) is 21.8. The zero-order chi connectivity index (χ0) is 15.0. The van der Waals surface area contributed by atoms with Crippen LogP contribution < -0.4 is 0 Å². The molecule has 7 atom stereocenters. The number of aliphatic hydroxyl groups is 2. The largest absolute Gasteiger partial charge is 0.393 e. The summed E-state index contributed by atoms with van der Waals surface area (Å²) < 4.78 is 0. The van der Waals surface area contributed by atoms with E-state index in [1.54, 1.807) is 0 Å². The molecule has 0 aromatic heterocycles. The zero-order valence-electron chi connectivity index (χ0n) is 13.1. The normalized spacial score (nSPS) is 56.0. The van der Waals surface area contributed by atoms with Gasteiger partial charge in [-0.25, -0.2) is 0 Å². The Bertz CT molecular complexity index is 510. The number of aliphatic hydroxyl groups excluding tert-OH is 2. The van der Waals surface area contributed by atoms with Crippen LogP contribution in [-0.2, 0) is 0 Å². The first kappa shape index (κ1) is 14.0. The number of hydrogen-bond donors (Lipinski definition) is 2. The fourth-order valence-corrected chi connectivity index (χ4v) is 6.96. The van der Waals surface area contributed by atoms with Crippen LogP contribution in [0.5, 0.6) is 0 Å². The Hall–Kier alpha value is -0.600. The minimum absolute atomic E-state index is 0.109. The third kappa shape index (κ3) is 1.56. The smallest absolute Gasteiger partial charge is 0.0810 e. The molecule has 4 saturated carbocycles. The van der Waals surface area contributed by atoms with Crippen molar-refractivity contribution in [2.24, 2.45) is 28.6 Å². The Labute approximate surface area is 127 Å². The predicted molar refractivity (Wildman–Crippen MR) is 83.6 cm³/mol. The predicted octanol–water partition coefficient (Wildman–Crippen LogP) is 3.45. The van der Waals surface area contributed by atoms with Gasteiger partial charge in [-0.2, -0.15) is 0 Å². The van der Waals surface area contributed by atoms with E-state index in [-0.39, 0.29) is 22.9 Å². The topological polar surface area (TPSA) is 40.5 Å². The SMILES string of the molecule is C=C1CCC[C@]2(C)[C@@H]1CC[C@@]13C[C@@H](C[C@H](O)[C@@H]21)C(=C)[C@H]3O. The average Bonchev–Trinajstić information content (AvgIpc) is 2.60. The van der Waals surface area contributed by atoms with E-state index in [1.807, 2.05) is 0 Å². The van der Waals surface area contributed by atoms with E-state index in [0.29, 0.717) is 11.8 Å². The van der Waals surface area contributed by atoms with Crippen LogP contribution >= 0.6 is 0 Å². The van der Waals surface area contributed by atoms with Crippen molar-refractivity contribution < 1.29 is 10.2 Å². The molecule has 0 heterocycles. The molecule has 0 saturated heterocycles. The standard InChI is InChI=1S/C19H28O2/c1-11-5-4-7-18(3)14(11)6-8-19-10-13(12(2)17(19)21)9-15(20)16(18)19/h13-17,20-21H,1-2,4-10H2,3H3/t13-,14-,15+,16+,17-,18-,19-/m1/s1. The molecule has 0 aromatic rings. The number of hydrogen-bond acceptors (Lipinski definition) is 2. The second-order valence-corrected chi connectivity index (χ2v) is 8.50. The van der Waals surface area contributed by atoms with Crippen molar-refractivity contribution in [2.45, 2.75) is 64.1 Å². The van der Waals surface area contributed by atoms with E-state index in [1.165, 1.54) is 18.4 Å². The Morgan fingerprint density at radius 3 is 2.71 bits per heavy atom. The second-order valence-electron chi connectivity index (χ2n) is 8.50.